The minimum atomic E-state index is -0.0845. The monoisotopic (exact) mass is 274 g/mol. The van der Waals surface area contributed by atoms with Crippen LogP contribution in [0.1, 0.15) is 18.7 Å². The van der Waals surface area contributed by atoms with Crippen molar-refractivity contribution in [3.8, 4) is 11.5 Å². The van der Waals surface area contributed by atoms with Crippen LogP contribution in [0.2, 0.25) is 0 Å². The van der Waals surface area contributed by atoms with Crippen molar-refractivity contribution in [2.75, 3.05) is 13.1 Å². The summed E-state index contributed by atoms with van der Waals surface area (Å²) in [6.45, 7) is 2.11. The van der Waals surface area contributed by atoms with Crippen LogP contribution in [-0.4, -0.2) is 27.8 Å². The zero-order valence-electron chi connectivity index (χ0n) is 11.5. The largest absolute Gasteiger partial charge is 0.334 e. The van der Waals surface area contributed by atoms with Gasteiger partial charge in [-0.25, -0.2) is 0 Å². The van der Waals surface area contributed by atoms with Crippen molar-refractivity contribution >= 4 is 0 Å². The molecule has 1 saturated heterocycles. The van der Waals surface area contributed by atoms with Gasteiger partial charge in [-0.15, -0.1) is 0 Å². The van der Waals surface area contributed by atoms with Crippen LogP contribution in [0.15, 0.2) is 27.6 Å². The maximum Gasteiger partial charge on any atom is 0.258 e. The number of aryl methyl sites for hydroxylation is 1. The Kier molecular flexibility index (Phi) is 3.64. The van der Waals surface area contributed by atoms with Gasteiger partial charge in [0.15, 0.2) is 5.82 Å². The van der Waals surface area contributed by atoms with E-state index >= 15 is 0 Å². The molecule has 106 valence electrons. The van der Waals surface area contributed by atoms with Crippen molar-refractivity contribution in [3.63, 3.8) is 0 Å². The van der Waals surface area contributed by atoms with Gasteiger partial charge in [-0.3, -0.25) is 4.79 Å². The van der Waals surface area contributed by atoms with Crippen LogP contribution in [-0.2, 0) is 13.5 Å². The molecule has 0 radical (unpaired) electrons. The predicted molar refractivity (Wildman–Crippen MR) is 74.3 cm³/mol. The number of aromatic nitrogens is 3. The number of rotatable bonds is 3. The lowest BCUT2D eigenvalue weighted by Gasteiger charge is -2.20. The Morgan fingerprint density at radius 3 is 3.20 bits per heavy atom. The van der Waals surface area contributed by atoms with Gasteiger partial charge in [0.1, 0.15) is 0 Å². The van der Waals surface area contributed by atoms with E-state index in [1.807, 2.05) is 0 Å². The quantitative estimate of drug-likeness (QED) is 0.903. The van der Waals surface area contributed by atoms with E-state index in [1.165, 1.54) is 23.5 Å². The van der Waals surface area contributed by atoms with Gasteiger partial charge < -0.3 is 14.4 Å². The molecule has 6 nitrogen and oxygen atoms in total. The van der Waals surface area contributed by atoms with Gasteiger partial charge in [-0.05, 0) is 37.9 Å². The second kappa shape index (κ2) is 5.58. The van der Waals surface area contributed by atoms with Crippen LogP contribution in [0.5, 0.6) is 0 Å². The zero-order valence-corrected chi connectivity index (χ0v) is 11.5. The third kappa shape index (κ3) is 2.80. The average molecular weight is 274 g/mol. The molecule has 6 heteroatoms. The number of piperidine rings is 1. The normalized spacial score (nSPS) is 19.1. The van der Waals surface area contributed by atoms with Gasteiger partial charge in [0, 0.05) is 31.3 Å². The Hall–Kier alpha value is -1.95. The molecule has 1 fully saturated rings. The highest BCUT2D eigenvalue weighted by atomic mass is 16.5. The lowest BCUT2D eigenvalue weighted by molar-refractivity contribution is 0.360. The van der Waals surface area contributed by atoms with Crippen LogP contribution < -0.4 is 10.9 Å². The number of hydrogen-bond acceptors (Lipinski definition) is 5. The summed E-state index contributed by atoms with van der Waals surface area (Å²) in [5.74, 6) is 1.70. The van der Waals surface area contributed by atoms with Crippen LogP contribution in [0, 0.1) is 5.92 Å². The third-order valence-corrected chi connectivity index (χ3v) is 3.69. The van der Waals surface area contributed by atoms with E-state index in [-0.39, 0.29) is 5.56 Å². The van der Waals surface area contributed by atoms with E-state index in [9.17, 15) is 4.79 Å². The Balaban J connectivity index is 1.75. The summed E-state index contributed by atoms with van der Waals surface area (Å²) in [7, 11) is 1.71. The highest BCUT2D eigenvalue weighted by Crippen LogP contribution is 2.18. The SMILES string of the molecule is Cn1ccc(-c2nc(CC3CCCNC3)no2)cc1=O. The molecule has 0 saturated carbocycles. The minimum absolute atomic E-state index is 0.0845. The van der Waals surface area contributed by atoms with E-state index in [4.69, 9.17) is 4.52 Å². The van der Waals surface area contributed by atoms with Gasteiger partial charge in [-0.1, -0.05) is 5.16 Å². The van der Waals surface area contributed by atoms with E-state index in [0.29, 0.717) is 17.4 Å². The maximum absolute atomic E-state index is 11.6. The second-order valence-electron chi connectivity index (χ2n) is 5.30. The summed E-state index contributed by atoms with van der Waals surface area (Å²) in [5.41, 5.74) is 0.590. The molecular formula is C14H18N4O2. The molecule has 2 aromatic rings. The van der Waals surface area contributed by atoms with E-state index in [0.717, 1.165) is 25.3 Å². The number of nitrogens with one attached hydrogen (secondary N) is 1. The third-order valence-electron chi connectivity index (χ3n) is 3.69. The number of nitrogens with zero attached hydrogens (tertiary/aromatic N) is 3. The van der Waals surface area contributed by atoms with Gasteiger partial charge in [0.25, 0.3) is 11.4 Å². The second-order valence-corrected chi connectivity index (χ2v) is 5.30. The topological polar surface area (TPSA) is 73.0 Å². The molecule has 0 aliphatic carbocycles. The Morgan fingerprint density at radius 2 is 2.45 bits per heavy atom. The van der Waals surface area contributed by atoms with Crippen LogP contribution in [0.3, 0.4) is 0 Å². The number of pyridine rings is 1. The average Bonchev–Trinajstić information content (AvgIpc) is 2.91. The lowest BCUT2D eigenvalue weighted by atomic mass is 9.96. The lowest BCUT2D eigenvalue weighted by Crippen LogP contribution is -2.31. The van der Waals surface area contributed by atoms with E-state index < -0.39 is 0 Å². The summed E-state index contributed by atoms with van der Waals surface area (Å²) >= 11 is 0. The fraction of sp³-hybridized carbons (Fsp3) is 0.500. The molecule has 3 rings (SSSR count). The predicted octanol–water partition coefficient (Wildman–Crippen LogP) is 0.977. The first-order chi connectivity index (χ1) is 9.72. The van der Waals surface area contributed by atoms with Crippen LogP contribution in [0.4, 0.5) is 0 Å². The summed E-state index contributed by atoms with van der Waals surface area (Å²) < 4.78 is 6.77. The molecule has 1 aliphatic heterocycles. The van der Waals surface area contributed by atoms with Gasteiger partial charge in [0.2, 0.25) is 0 Å². The van der Waals surface area contributed by atoms with Crippen molar-refractivity contribution in [3.05, 3.63) is 34.5 Å². The highest BCUT2D eigenvalue weighted by Gasteiger charge is 2.17. The Bertz CT molecular complexity index is 641. The summed E-state index contributed by atoms with van der Waals surface area (Å²) in [6, 6.07) is 3.32. The number of hydrogen-bond donors (Lipinski definition) is 1. The van der Waals surface area contributed by atoms with Gasteiger partial charge >= 0.3 is 0 Å². The summed E-state index contributed by atoms with van der Waals surface area (Å²) in [6.07, 6.45) is 4.92. The zero-order chi connectivity index (χ0) is 13.9. The minimum Gasteiger partial charge on any atom is -0.334 e. The Labute approximate surface area is 116 Å². The molecule has 1 atom stereocenters. The molecule has 0 bridgehead atoms. The molecule has 1 unspecified atom stereocenters. The first-order valence-corrected chi connectivity index (χ1v) is 6.93. The molecule has 0 amide bonds. The summed E-state index contributed by atoms with van der Waals surface area (Å²) in [5, 5.41) is 7.39. The summed E-state index contributed by atoms with van der Waals surface area (Å²) in [4.78, 5) is 16.0. The molecule has 1 N–H and O–H groups in total. The molecule has 0 aromatic carbocycles. The van der Waals surface area contributed by atoms with Gasteiger partial charge in [-0.2, -0.15) is 4.98 Å². The maximum atomic E-state index is 11.6. The standard InChI is InChI=1S/C14H18N4O2/c1-18-6-4-11(8-13(18)19)14-16-12(17-20-14)7-10-3-2-5-15-9-10/h4,6,8,10,15H,2-3,5,7,9H2,1H3. The van der Waals surface area contributed by atoms with Gasteiger partial charge in [0.05, 0.1) is 0 Å². The van der Waals surface area contributed by atoms with E-state index in [1.54, 1.807) is 19.3 Å². The molecule has 2 aromatic heterocycles. The van der Waals surface area contributed by atoms with Crippen molar-refractivity contribution in [1.29, 1.82) is 0 Å². The van der Waals surface area contributed by atoms with Crippen molar-refractivity contribution in [2.45, 2.75) is 19.3 Å². The first-order valence-electron chi connectivity index (χ1n) is 6.93. The smallest absolute Gasteiger partial charge is 0.258 e. The molecular weight excluding hydrogens is 256 g/mol. The fourth-order valence-electron chi connectivity index (χ4n) is 2.49. The van der Waals surface area contributed by atoms with Crippen LogP contribution >= 0.6 is 0 Å². The van der Waals surface area contributed by atoms with E-state index in [2.05, 4.69) is 15.5 Å². The molecule has 1 aliphatic rings. The van der Waals surface area contributed by atoms with Crippen LogP contribution in [0.25, 0.3) is 11.5 Å². The molecule has 3 heterocycles. The van der Waals surface area contributed by atoms with Crippen molar-refractivity contribution < 1.29 is 4.52 Å². The van der Waals surface area contributed by atoms with Crippen molar-refractivity contribution in [2.24, 2.45) is 13.0 Å². The fourth-order valence-corrected chi connectivity index (χ4v) is 2.49. The van der Waals surface area contributed by atoms with Crippen molar-refractivity contribution in [1.82, 2.24) is 20.0 Å². The Morgan fingerprint density at radius 1 is 1.55 bits per heavy atom. The molecule has 0 spiro atoms. The molecule has 20 heavy (non-hydrogen) atoms. The first kappa shape index (κ1) is 13.1. The highest BCUT2D eigenvalue weighted by molar-refractivity contribution is 5.51.